The summed E-state index contributed by atoms with van der Waals surface area (Å²) in [5.41, 5.74) is 0. The maximum atomic E-state index is 8.32. The topological polar surface area (TPSA) is 158 Å². The van der Waals surface area contributed by atoms with E-state index in [0.29, 0.717) is 46.2 Å². The minimum absolute atomic E-state index is 0.0278. The standard InChI is InChI=1S/C7H16O4.C4H10O3.BH3O3/c1-9-4-5-11-7-6-10-3-2-8;5-1-3-7-4-2-6;2-1(3)4/h8H,2-7H2,1H3;5-6H,1-4H2;2-4H. The minimum Gasteiger partial charge on any atom is -0.402 e. The number of aliphatic hydroxyl groups excluding tert-OH is 3. The highest BCUT2D eigenvalue weighted by Gasteiger charge is 1.92. The van der Waals surface area contributed by atoms with Crippen LogP contribution in [0, 0.1) is 0 Å². The van der Waals surface area contributed by atoms with Crippen LogP contribution in [0.4, 0.5) is 0 Å². The van der Waals surface area contributed by atoms with Crippen molar-refractivity contribution in [3.8, 4) is 0 Å². The lowest BCUT2D eigenvalue weighted by molar-refractivity contribution is 0.0159. The SMILES string of the molecule is COCCOCCOCCO.OB(O)O.OCCOCCO. The molecule has 0 saturated heterocycles. The third-order valence-corrected chi connectivity index (χ3v) is 1.51. The molecule has 0 radical (unpaired) electrons. The Morgan fingerprint density at radius 3 is 1.18 bits per heavy atom. The summed E-state index contributed by atoms with van der Waals surface area (Å²) in [6.07, 6.45) is 0. The van der Waals surface area contributed by atoms with Gasteiger partial charge in [-0.25, -0.2) is 0 Å². The Labute approximate surface area is 131 Å². The zero-order valence-electron chi connectivity index (χ0n) is 13.0. The number of methoxy groups -OCH3 is 1. The van der Waals surface area contributed by atoms with E-state index >= 15 is 0 Å². The van der Waals surface area contributed by atoms with E-state index in [2.05, 4.69) is 4.74 Å². The Balaban J connectivity index is -0.000000280. The summed E-state index contributed by atoms with van der Waals surface area (Å²) in [6.45, 7) is 3.44. The van der Waals surface area contributed by atoms with Gasteiger partial charge in [0.1, 0.15) is 0 Å². The lowest BCUT2D eigenvalue weighted by atomic mass is 10.3. The lowest BCUT2D eigenvalue weighted by Crippen LogP contribution is -2.09. The molecule has 0 unspecified atom stereocenters. The molecule has 0 aromatic heterocycles. The van der Waals surface area contributed by atoms with Crippen LogP contribution in [0.25, 0.3) is 0 Å². The third kappa shape index (κ3) is 50.3. The fourth-order valence-electron chi connectivity index (χ4n) is 0.760. The quantitative estimate of drug-likeness (QED) is 0.157. The van der Waals surface area contributed by atoms with Crippen LogP contribution in [0.3, 0.4) is 0 Å². The van der Waals surface area contributed by atoms with Gasteiger partial charge in [-0.3, -0.25) is 0 Å². The van der Waals surface area contributed by atoms with E-state index < -0.39 is 7.32 Å². The van der Waals surface area contributed by atoms with Gasteiger partial charge < -0.3 is 49.3 Å². The molecule has 0 heterocycles. The van der Waals surface area contributed by atoms with Gasteiger partial charge in [-0.15, -0.1) is 0 Å². The number of hydrogen-bond donors (Lipinski definition) is 6. The Bertz CT molecular complexity index is 149. The molecule has 6 N–H and O–H groups in total. The fourth-order valence-corrected chi connectivity index (χ4v) is 0.760. The number of rotatable bonds is 12. The fraction of sp³-hybridized carbons (Fsp3) is 1.00. The molecule has 10 nitrogen and oxygen atoms in total. The summed E-state index contributed by atoms with van der Waals surface area (Å²) < 4.78 is 19.4. The average molecular weight is 332 g/mol. The van der Waals surface area contributed by atoms with Crippen LogP contribution < -0.4 is 0 Å². The number of aliphatic hydroxyl groups is 3. The Morgan fingerprint density at radius 2 is 0.864 bits per heavy atom. The Kier molecular flexibility index (Phi) is 34.7. The molecule has 0 aliphatic carbocycles. The van der Waals surface area contributed by atoms with Gasteiger partial charge in [0.05, 0.1) is 66.1 Å². The van der Waals surface area contributed by atoms with Gasteiger partial charge >= 0.3 is 7.32 Å². The molecule has 22 heavy (non-hydrogen) atoms. The molecule has 0 amide bonds. The molecule has 0 aliphatic heterocycles. The van der Waals surface area contributed by atoms with Gasteiger partial charge in [-0.1, -0.05) is 0 Å². The molecule has 11 heteroatoms. The Morgan fingerprint density at radius 1 is 0.591 bits per heavy atom. The van der Waals surface area contributed by atoms with Crippen molar-refractivity contribution in [1.82, 2.24) is 0 Å². The molecule has 0 aromatic carbocycles. The van der Waals surface area contributed by atoms with Crippen LogP contribution >= 0.6 is 0 Å². The minimum atomic E-state index is -2.17. The molecule has 0 saturated carbocycles. The highest BCUT2D eigenvalue weighted by molar-refractivity contribution is 6.30. The van der Waals surface area contributed by atoms with Crippen LogP contribution in [-0.2, 0) is 18.9 Å². The van der Waals surface area contributed by atoms with Crippen molar-refractivity contribution < 1.29 is 49.3 Å². The number of ether oxygens (including phenoxy) is 4. The smallest absolute Gasteiger partial charge is 0.402 e. The van der Waals surface area contributed by atoms with E-state index in [1.807, 2.05) is 0 Å². The summed E-state index contributed by atoms with van der Waals surface area (Å²) >= 11 is 0. The van der Waals surface area contributed by atoms with Crippen LogP contribution in [0.1, 0.15) is 0 Å². The summed E-state index contributed by atoms with van der Waals surface area (Å²) in [5.74, 6) is 0. The molecular weight excluding hydrogens is 303 g/mol. The van der Waals surface area contributed by atoms with Gasteiger partial charge in [0.2, 0.25) is 0 Å². The Hall–Kier alpha value is -0.335. The highest BCUT2D eigenvalue weighted by Crippen LogP contribution is 1.78. The molecule has 0 fully saturated rings. The van der Waals surface area contributed by atoms with E-state index in [-0.39, 0.29) is 19.8 Å². The van der Waals surface area contributed by atoms with E-state index in [9.17, 15) is 0 Å². The molecule has 0 aliphatic rings. The molecule has 0 bridgehead atoms. The van der Waals surface area contributed by atoms with Gasteiger partial charge in [0, 0.05) is 7.11 Å². The first kappa shape index (κ1) is 26.6. The van der Waals surface area contributed by atoms with Crippen molar-refractivity contribution in [1.29, 1.82) is 0 Å². The van der Waals surface area contributed by atoms with Gasteiger partial charge in [0.25, 0.3) is 0 Å². The van der Waals surface area contributed by atoms with Gasteiger partial charge in [-0.05, 0) is 0 Å². The van der Waals surface area contributed by atoms with E-state index in [1.165, 1.54) is 0 Å². The van der Waals surface area contributed by atoms with Gasteiger partial charge in [0.15, 0.2) is 0 Å². The molecule has 0 rings (SSSR count). The van der Waals surface area contributed by atoms with Crippen LogP contribution in [-0.4, -0.2) is 111 Å². The highest BCUT2D eigenvalue weighted by atomic mass is 16.5. The van der Waals surface area contributed by atoms with Crippen LogP contribution in [0.5, 0.6) is 0 Å². The largest absolute Gasteiger partial charge is 0.631 e. The van der Waals surface area contributed by atoms with E-state index in [0.717, 1.165) is 0 Å². The van der Waals surface area contributed by atoms with Crippen LogP contribution in [0.2, 0.25) is 0 Å². The van der Waals surface area contributed by atoms with Crippen molar-refractivity contribution in [2.45, 2.75) is 0 Å². The zero-order valence-corrected chi connectivity index (χ0v) is 13.0. The van der Waals surface area contributed by atoms with Crippen molar-refractivity contribution in [3.63, 3.8) is 0 Å². The monoisotopic (exact) mass is 332 g/mol. The van der Waals surface area contributed by atoms with E-state index in [4.69, 9.17) is 44.6 Å². The van der Waals surface area contributed by atoms with Crippen molar-refractivity contribution >= 4 is 7.32 Å². The zero-order chi connectivity index (χ0) is 17.5. The molecule has 0 atom stereocenters. The number of hydrogen-bond acceptors (Lipinski definition) is 10. The maximum Gasteiger partial charge on any atom is 0.631 e. The summed E-state index contributed by atoms with van der Waals surface area (Å²) in [4.78, 5) is 0. The van der Waals surface area contributed by atoms with Gasteiger partial charge in [-0.2, -0.15) is 0 Å². The second kappa shape index (κ2) is 28.8. The summed E-state index contributed by atoms with van der Waals surface area (Å²) in [6, 6.07) is 0. The molecule has 136 valence electrons. The first-order chi connectivity index (χ1) is 10.6. The van der Waals surface area contributed by atoms with Crippen molar-refractivity contribution in [3.05, 3.63) is 0 Å². The van der Waals surface area contributed by atoms with Crippen molar-refractivity contribution in [2.24, 2.45) is 0 Å². The third-order valence-electron chi connectivity index (χ3n) is 1.51. The first-order valence-electron chi connectivity index (χ1n) is 6.65. The van der Waals surface area contributed by atoms with E-state index in [1.54, 1.807) is 7.11 Å². The molecular formula is C11H29BO10. The second-order valence-corrected chi connectivity index (χ2v) is 3.35. The lowest BCUT2D eigenvalue weighted by Gasteiger charge is -2.03. The van der Waals surface area contributed by atoms with Crippen molar-refractivity contribution in [2.75, 3.05) is 73.2 Å². The molecule has 0 spiro atoms. The second-order valence-electron chi connectivity index (χ2n) is 3.35. The summed E-state index contributed by atoms with van der Waals surface area (Å²) in [5, 5.41) is 46.0. The van der Waals surface area contributed by atoms with Crippen LogP contribution in [0.15, 0.2) is 0 Å². The first-order valence-corrected chi connectivity index (χ1v) is 6.65. The maximum absolute atomic E-state index is 8.32. The summed E-state index contributed by atoms with van der Waals surface area (Å²) in [7, 11) is -0.536. The molecule has 0 aromatic rings. The normalized spacial score (nSPS) is 9.41. The predicted octanol–water partition coefficient (Wildman–Crippen LogP) is -3.41. The average Bonchev–Trinajstić information content (AvgIpc) is 2.47. The predicted molar refractivity (Wildman–Crippen MR) is 78.0 cm³/mol.